The fourth-order valence-electron chi connectivity index (χ4n) is 3.06. The van der Waals surface area contributed by atoms with E-state index in [0.29, 0.717) is 22.8 Å². The number of esters is 1. The summed E-state index contributed by atoms with van der Waals surface area (Å²) in [5.74, 6) is -0.641. The van der Waals surface area contributed by atoms with Gasteiger partial charge in [-0.2, -0.15) is 0 Å². The van der Waals surface area contributed by atoms with E-state index < -0.39 is 23.1 Å². The number of benzene rings is 2. The summed E-state index contributed by atoms with van der Waals surface area (Å²) in [5.41, 5.74) is -0.112. The molecule has 0 aliphatic rings. The van der Waals surface area contributed by atoms with Gasteiger partial charge in [-0.1, -0.05) is 18.2 Å². The summed E-state index contributed by atoms with van der Waals surface area (Å²) in [6.07, 6.45) is -0.178. The SMILES string of the molecule is COC(=O)C[C@H](c1cccc(O)c1)c1oc(CSc2cccc(OC)c2)cc(=O)c1O. The zero-order valence-electron chi connectivity index (χ0n) is 17.0. The third-order valence-corrected chi connectivity index (χ3v) is 5.63. The van der Waals surface area contributed by atoms with Crippen molar-refractivity contribution in [3.8, 4) is 17.2 Å². The van der Waals surface area contributed by atoms with Gasteiger partial charge >= 0.3 is 5.97 Å². The van der Waals surface area contributed by atoms with Gasteiger partial charge in [0, 0.05) is 11.0 Å². The number of carbonyl (C=O) groups excluding carboxylic acids is 1. The van der Waals surface area contributed by atoms with Gasteiger partial charge in [0.25, 0.3) is 0 Å². The summed E-state index contributed by atoms with van der Waals surface area (Å²) in [7, 11) is 2.83. The Hall–Kier alpha value is -3.39. The number of thioether (sulfide) groups is 1. The molecule has 2 aromatic carbocycles. The fraction of sp³-hybridized carbons (Fsp3) is 0.217. The third-order valence-electron chi connectivity index (χ3n) is 4.61. The van der Waals surface area contributed by atoms with Gasteiger partial charge in [0.1, 0.15) is 17.3 Å². The number of aromatic hydroxyl groups is 2. The maximum absolute atomic E-state index is 12.4. The molecule has 0 fully saturated rings. The molecule has 3 rings (SSSR count). The van der Waals surface area contributed by atoms with Crippen LogP contribution in [0.5, 0.6) is 17.2 Å². The number of ether oxygens (including phenoxy) is 2. The second kappa shape index (κ2) is 10.1. The first-order chi connectivity index (χ1) is 14.9. The quantitative estimate of drug-likeness (QED) is 0.398. The first kappa shape index (κ1) is 22.3. The van der Waals surface area contributed by atoms with E-state index in [1.165, 1.54) is 37.1 Å². The molecule has 0 unspecified atom stereocenters. The summed E-state index contributed by atoms with van der Waals surface area (Å²) < 4.78 is 15.9. The van der Waals surface area contributed by atoms with Crippen molar-refractivity contribution in [2.24, 2.45) is 0 Å². The van der Waals surface area contributed by atoms with Crippen LogP contribution in [0.3, 0.4) is 0 Å². The zero-order chi connectivity index (χ0) is 22.4. The minimum atomic E-state index is -0.811. The Morgan fingerprint density at radius 2 is 1.87 bits per heavy atom. The number of rotatable bonds is 8. The van der Waals surface area contributed by atoms with Crippen molar-refractivity contribution < 1.29 is 28.9 Å². The molecule has 0 spiro atoms. The van der Waals surface area contributed by atoms with Gasteiger partial charge in [-0.15, -0.1) is 11.8 Å². The van der Waals surface area contributed by atoms with Gasteiger partial charge in [0.2, 0.25) is 11.2 Å². The Bertz CT molecular complexity index is 1120. The average Bonchev–Trinajstić information content (AvgIpc) is 2.78. The molecule has 0 aliphatic carbocycles. The van der Waals surface area contributed by atoms with Crippen molar-refractivity contribution in [2.45, 2.75) is 23.0 Å². The van der Waals surface area contributed by atoms with Crippen LogP contribution in [0.25, 0.3) is 0 Å². The predicted octanol–water partition coefficient (Wildman–Crippen LogP) is 4.05. The molecule has 0 amide bonds. The van der Waals surface area contributed by atoms with Crippen molar-refractivity contribution in [1.29, 1.82) is 0 Å². The van der Waals surface area contributed by atoms with Gasteiger partial charge in [-0.3, -0.25) is 9.59 Å². The lowest BCUT2D eigenvalue weighted by molar-refractivity contribution is -0.140. The summed E-state index contributed by atoms with van der Waals surface area (Å²) in [4.78, 5) is 25.3. The minimum absolute atomic E-state index is 0.0149. The van der Waals surface area contributed by atoms with E-state index in [9.17, 15) is 19.8 Å². The Morgan fingerprint density at radius 3 is 2.58 bits per heavy atom. The van der Waals surface area contributed by atoms with Gasteiger partial charge in [-0.05, 0) is 35.9 Å². The van der Waals surface area contributed by atoms with Crippen molar-refractivity contribution in [3.63, 3.8) is 0 Å². The van der Waals surface area contributed by atoms with Gasteiger partial charge in [0.15, 0.2) is 5.76 Å². The van der Waals surface area contributed by atoms with E-state index in [-0.39, 0.29) is 17.9 Å². The lowest BCUT2D eigenvalue weighted by Crippen LogP contribution is -2.14. The van der Waals surface area contributed by atoms with Crippen LogP contribution in [-0.4, -0.2) is 30.4 Å². The maximum Gasteiger partial charge on any atom is 0.306 e. The standard InChI is InChI=1S/C23H22O7S/c1-28-16-7-4-8-18(10-16)31-13-17-11-20(25)22(27)23(30-17)19(12-21(26)29-2)14-5-3-6-15(24)9-14/h3-11,19,24,27H,12-13H2,1-2H3/t19-/m1/s1. The largest absolute Gasteiger partial charge is 0.508 e. The molecule has 1 atom stereocenters. The Kier molecular flexibility index (Phi) is 7.25. The lowest BCUT2D eigenvalue weighted by atomic mass is 9.92. The van der Waals surface area contributed by atoms with Crippen molar-refractivity contribution >= 4 is 17.7 Å². The number of carbonyl (C=O) groups is 1. The molecule has 31 heavy (non-hydrogen) atoms. The lowest BCUT2D eigenvalue weighted by Gasteiger charge is -2.17. The molecular formula is C23H22O7S. The molecule has 3 aromatic rings. The minimum Gasteiger partial charge on any atom is -0.508 e. The molecule has 0 bridgehead atoms. The van der Waals surface area contributed by atoms with Crippen LogP contribution in [0.1, 0.15) is 29.4 Å². The Morgan fingerprint density at radius 1 is 1.10 bits per heavy atom. The van der Waals surface area contributed by atoms with Crippen LogP contribution < -0.4 is 10.2 Å². The van der Waals surface area contributed by atoms with Crippen molar-refractivity contribution in [1.82, 2.24) is 0 Å². The number of methoxy groups -OCH3 is 2. The van der Waals surface area contributed by atoms with Crippen LogP contribution in [0, 0.1) is 0 Å². The molecule has 0 aliphatic heterocycles. The average molecular weight is 442 g/mol. The topological polar surface area (TPSA) is 106 Å². The second-order valence-electron chi connectivity index (χ2n) is 6.69. The summed E-state index contributed by atoms with van der Waals surface area (Å²) in [6, 6.07) is 14.9. The van der Waals surface area contributed by atoms with Crippen molar-refractivity contribution in [2.75, 3.05) is 14.2 Å². The highest BCUT2D eigenvalue weighted by Gasteiger charge is 2.27. The summed E-state index contributed by atoms with van der Waals surface area (Å²) in [6.45, 7) is 0. The summed E-state index contributed by atoms with van der Waals surface area (Å²) in [5, 5.41) is 20.3. The highest BCUT2D eigenvalue weighted by Crippen LogP contribution is 2.35. The highest BCUT2D eigenvalue weighted by molar-refractivity contribution is 7.98. The van der Waals surface area contributed by atoms with Crippen molar-refractivity contribution in [3.05, 3.63) is 81.9 Å². The van der Waals surface area contributed by atoms with Crippen LogP contribution in [0.4, 0.5) is 0 Å². The highest BCUT2D eigenvalue weighted by atomic mass is 32.2. The van der Waals surface area contributed by atoms with Gasteiger partial charge in [-0.25, -0.2) is 0 Å². The number of phenolic OH excluding ortho intramolecular Hbond substituents is 1. The van der Waals surface area contributed by atoms with Crippen LogP contribution >= 0.6 is 11.8 Å². The second-order valence-corrected chi connectivity index (χ2v) is 7.73. The number of hydrogen-bond acceptors (Lipinski definition) is 8. The molecule has 1 heterocycles. The molecule has 0 saturated carbocycles. The Balaban J connectivity index is 1.96. The fourth-order valence-corrected chi connectivity index (χ4v) is 3.89. The maximum atomic E-state index is 12.4. The molecule has 8 heteroatoms. The first-order valence-corrected chi connectivity index (χ1v) is 10.4. The first-order valence-electron chi connectivity index (χ1n) is 9.39. The molecule has 7 nitrogen and oxygen atoms in total. The van der Waals surface area contributed by atoms with E-state index in [1.807, 2.05) is 24.3 Å². The molecule has 2 N–H and O–H groups in total. The molecule has 162 valence electrons. The van der Waals surface area contributed by atoms with Gasteiger partial charge in [0.05, 0.1) is 32.3 Å². The van der Waals surface area contributed by atoms with Crippen LogP contribution in [0.15, 0.2) is 68.7 Å². The van der Waals surface area contributed by atoms with E-state index in [0.717, 1.165) is 4.90 Å². The van der Waals surface area contributed by atoms with E-state index in [2.05, 4.69) is 0 Å². The van der Waals surface area contributed by atoms with E-state index in [1.54, 1.807) is 19.2 Å². The Labute approximate surface area is 183 Å². The monoisotopic (exact) mass is 442 g/mol. The molecular weight excluding hydrogens is 420 g/mol. The van der Waals surface area contributed by atoms with E-state index >= 15 is 0 Å². The van der Waals surface area contributed by atoms with Gasteiger partial charge < -0.3 is 24.1 Å². The molecule has 0 radical (unpaired) electrons. The smallest absolute Gasteiger partial charge is 0.306 e. The third kappa shape index (κ3) is 5.61. The molecule has 0 saturated heterocycles. The van der Waals surface area contributed by atoms with Crippen LogP contribution in [0.2, 0.25) is 0 Å². The number of phenols is 1. The normalized spacial score (nSPS) is 11.7. The number of hydrogen-bond donors (Lipinski definition) is 2. The van der Waals surface area contributed by atoms with E-state index in [4.69, 9.17) is 13.9 Å². The zero-order valence-corrected chi connectivity index (χ0v) is 17.8. The summed E-state index contributed by atoms with van der Waals surface area (Å²) >= 11 is 1.43. The predicted molar refractivity (Wildman–Crippen MR) is 116 cm³/mol. The molecule has 1 aromatic heterocycles. The van der Waals surface area contributed by atoms with Crippen LogP contribution in [-0.2, 0) is 15.3 Å².